The number of alkyl halides is 2. The predicted molar refractivity (Wildman–Crippen MR) is 123 cm³/mol. The van der Waals surface area contributed by atoms with E-state index < -0.39 is 28.5 Å². The molecule has 2 aliphatic rings. The monoisotopic (exact) mass is 488 g/mol. The number of nitrogens with zero attached hydrogens (tertiary/aromatic N) is 4. The Labute approximate surface area is 199 Å². The van der Waals surface area contributed by atoms with E-state index in [2.05, 4.69) is 31.2 Å². The van der Waals surface area contributed by atoms with Crippen molar-refractivity contribution in [3.05, 3.63) is 35.9 Å². The summed E-state index contributed by atoms with van der Waals surface area (Å²) in [4.78, 5) is 29.5. The maximum absolute atomic E-state index is 14.1. The molecule has 1 aliphatic heterocycles. The van der Waals surface area contributed by atoms with Gasteiger partial charge in [-0.2, -0.15) is 0 Å². The van der Waals surface area contributed by atoms with Crippen LogP contribution in [-0.2, 0) is 5.54 Å². The molecule has 0 bridgehead atoms. The summed E-state index contributed by atoms with van der Waals surface area (Å²) in [5, 5.41) is 2.76. The molecule has 1 aliphatic carbocycles. The van der Waals surface area contributed by atoms with Gasteiger partial charge >= 0.3 is 0 Å². The van der Waals surface area contributed by atoms with Gasteiger partial charge in [0.15, 0.2) is 11.8 Å². The van der Waals surface area contributed by atoms with Crippen LogP contribution in [0, 0.1) is 24.2 Å². The summed E-state index contributed by atoms with van der Waals surface area (Å²) in [6.45, 7) is 3.52. The molecule has 2 aromatic heterocycles. The van der Waals surface area contributed by atoms with Crippen molar-refractivity contribution in [2.45, 2.75) is 30.6 Å². The molecule has 178 valence electrons. The van der Waals surface area contributed by atoms with Gasteiger partial charge in [0.2, 0.25) is 11.8 Å². The average Bonchev–Trinajstić information content (AvgIpc) is 3.44. The van der Waals surface area contributed by atoms with Crippen LogP contribution in [0.3, 0.4) is 0 Å². The van der Waals surface area contributed by atoms with Gasteiger partial charge in [-0.3, -0.25) is 9.79 Å². The fourth-order valence-corrected chi connectivity index (χ4v) is 6.11. The summed E-state index contributed by atoms with van der Waals surface area (Å²) in [7, 11) is 1.42. The van der Waals surface area contributed by atoms with E-state index in [1.807, 2.05) is 0 Å². The number of rotatable bonds is 7. The highest BCUT2D eigenvalue weighted by Gasteiger charge is 2.76. The van der Waals surface area contributed by atoms with Gasteiger partial charge in [0, 0.05) is 11.5 Å². The van der Waals surface area contributed by atoms with Crippen LogP contribution in [-0.4, -0.2) is 50.9 Å². The molecule has 0 aromatic carbocycles. The summed E-state index contributed by atoms with van der Waals surface area (Å²) in [5.74, 6) is 1.30. The van der Waals surface area contributed by atoms with Crippen LogP contribution in [0.1, 0.15) is 29.9 Å². The standard InChI is InChI=1S/C22H22F2N6O3S/c1-5-6-33-15-10-26-14(9-27-15)17(31)29-12-7-13(18(32-4)28-8-12)21(3)16-11(2)22(16,19(23)24)34-20(25)30-21/h1,7-11,16,19H,6H2,2-4H3,(H2,25,30)(H,29,31)/t11-,16-,21+,22-/m0/s1. The van der Waals surface area contributed by atoms with Crippen molar-refractivity contribution >= 4 is 28.5 Å². The van der Waals surface area contributed by atoms with Crippen LogP contribution in [0.4, 0.5) is 14.5 Å². The summed E-state index contributed by atoms with van der Waals surface area (Å²) in [6.07, 6.45) is 6.46. The third kappa shape index (κ3) is 3.79. The van der Waals surface area contributed by atoms with Crippen molar-refractivity contribution in [3.8, 4) is 24.1 Å². The van der Waals surface area contributed by atoms with E-state index in [1.165, 1.54) is 25.7 Å². The molecule has 1 saturated carbocycles. The maximum Gasteiger partial charge on any atom is 0.275 e. The average molecular weight is 489 g/mol. The molecule has 12 heteroatoms. The number of thioether (sulfide) groups is 1. The molecule has 9 nitrogen and oxygen atoms in total. The number of fused-ring (bicyclic) bond motifs is 1. The lowest BCUT2D eigenvalue weighted by molar-refractivity contribution is 0.102. The topological polar surface area (TPSA) is 125 Å². The zero-order valence-electron chi connectivity index (χ0n) is 18.6. The summed E-state index contributed by atoms with van der Waals surface area (Å²) < 4.78 is 37.4. The number of pyridine rings is 1. The predicted octanol–water partition coefficient (Wildman–Crippen LogP) is 2.69. The molecular formula is C22H22F2N6O3S. The number of amides is 1. The largest absolute Gasteiger partial charge is 0.481 e. The van der Waals surface area contributed by atoms with E-state index in [9.17, 15) is 13.6 Å². The molecule has 3 N–H and O–H groups in total. The number of aliphatic imine (C=N–C) groups is 1. The number of terminal acetylenes is 1. The second-order valence-corrected chi connectivity index (χ2v) is 9.42. The Balaban J connectivity index is 1.64. The third-order valence-corrected chi connectivity index (χ3v) is 7.63. The van der Waals surface area contributed by atoms with Gasteiger partial charge in [-0.25, -0.2) is 23.7 Å². The number of halogens is 2. The second kappa shape index (κ2) is 8.72. The molecule has 1 fully saturated rings. The van der Waals surface area contributed by atoms with Gasteiger partial charge in [-0.15, -0.1) is 6.42 Å². The first-order valence-corrected chi connectivity index (χ1v) is 11.1. The minimum Gasteiger partial charge on any atom is -0.481 e. The zero-order chi connectivity index (χ0) is 24.7. The number of ether oxygens (including phenoxy) is 2. The van der Waals surface area contributed by atoms with Crippen molar-refractivity contribution in [2.75, 3.05) is 19.0 Å². The summed E-state index contributed by atoms with van der Waals surface area (Å²) in [5.41, 5.74) is 5.64. The smallest absolute Gasteiger partial charge is 0.275 e. The summed E-state index contributed by atoms with van der Waals surface area (Å²) >= 11 is 0.918. The number of carbonyl (C=O) groups excluding carboxylic acids is 1. The van der Waals surface area contributed by atoms with E-state index in [0.717, 1.165) is 11.8 Å². The first-order valence-electron chi connectivity index (χ1n) is 10.2. The van der Waals surface area contributed by atoms with E-state index in [0.29, 0.717) is 11.3 Å². The SMILES string of the molecule is C#CCOc1cnc(C(=O)Nc2cnc(OC)c([C@@]3(C)N=C(N)S[C@]4(C(F)F)[C@H]3[C@@H]4C)c2)cn1. The first kappa shape index (κ1) is 23.7. The van der Waals surface area contributed by atoms with Crippen molar-refractivity contribution in [2.24, 2.45) is 22.6 Å². The Kier molecular flexibility index (Phi) is 6.07. The molecule has 34 heavy (non-hydrogen) atoms. The number of nitrogens with two attached hydrogens (primary N) is 1. The van der Waals surface area contributed by atoms with Crippen molar-refractivity contribution < 1.29 is 23.0 Å². The fraction of sp³-hybridized carbons (Fsp3) is 0.409. The van der Waals surface area contributed by atoms with Crippen LogP contribution >= 0.6 is 11.8 Å². The molecule has 1 amide bonds. The number of nitrogens with one attached hydrogen (secondary N) is 1. The molecule has 4 rings (SSSR count). The van der Waals surface area contributed by atoms with Crippen molar-refractivity contribution in [3.63, 3.8) is 0 Å². The van der Waals surface area contributed by atoms with E-state index in [4.69, 9.17) is 21.6 Å². The van der Waals surface area contributed by atoms with Gasteiger partial charge in [-0.1, -0.05) is 24.6 Å². The highest BCUT2D eigenvalue weighted by Crippen LogP contribution is 2.72. The molecule has 4 atom stereocenters. The van der Waals surface area contributed by atoms with Crippen molar-refractivity contribution in [1.82, 2.24) is 15.0 Å². The van der Waals surface area contributed by atoms with Gasteiger partial charge in [0.05, 0.1) is 41.7 Å². The van der Waals surface area contributed by atoms with Crippen LogP contribution in [0.15, 0.2) is 29.6 Å². The minimum absolute atomic E-state index is 0.0250. The first-order chi connectivity index (χ1) is 16.2. The number of hydrogen-bond donors (Lipinski definition) is 2. The maximum atomic E-state index is 14.1. The molecular weight excluding hydrogens is 466 g/mol. The van der Waals surface area contributed by atoms with E-state index >= 15 is 0 Å². The Bertz CT molecular complexity index is 1190. The van der Waals surface area contributed by atoms with Gasteiger partial charge in [0.1, 0.15) is 5.69 Å². The Morgan fingerprint density at radius 3 is 2.74 bits per heavy atom. The highest BCUT2D eigenvalue weighted by atomic mass is 32.2. The zero-order valence-corrected chi connectivity index (χ0v) is 19.4. The van der Waals surface area contributed by atoms with Crippen LogP contribution < -0.4 is 20.5 Å². The molecule has 2 aromatic rings. The molecule has 0 spiro atoms. The molecule has 0 saturated heterocycles. The molecule has 0 radical (unpaired) electrons. The summed E-state index contributed by atoms with van der Waals surface area (Å²) in [6, 6.07) is 1.61. The van der Waals surface area contributed by atoms with E-state index in [-0.39, 0.29) is 35.1 Å². The lowest BCUT2D eigenvalue weighted by Gasteiger charge is -2.34. The lowest BCUT2D eigenvalue weighted by atomic mass is 9.85. The number of anilines is 1. The molecule has 3 heterocycles. The molecule has 0 unspecified atom stereocenters. The quantitative estimate of drug-likeness (QED) is 0.570. The number of carbonyl (C=O) groups is 1. The lowest BCUT2D eigenvalue weighted by Crippen LogP contribution is -2.38. The Hall–Kier alpha value is -3.46. The van der Waals surface area contributed by atoms with Crippen molar-refractivity contribution in [1.29, 1.82) is 0 Å². The minimum atomic E-state index is -2.58. The number of hydrogen-bond acceptors (Lipinski definition) is 9. The second-order valence-electron chi connectivity index (χ2n) is 8.09. The van der Waals surface area contributed by atoms with Gasteiger partial charge in [-0.05, 0) is 18.9 Å². The van der Waals surface area contributed by atoms with Gasteiger partial charge < -0.3 is 20.5 Å². The number of methoxy groups -OCH3 is 1. The van der Waals surface area contributed by atoms with Gasteiger partial charge in [0.25, 0.3) is 12.3 Å². The Morgan fingerprint density at radius 2 is 2.12 bits per heavy atom. The highest BCUT2D eigenvalue weighted by molar-refractivity contribution is 8.15. The number of aromatic nitrogens is 3. The van der Waals surface area contributed by atoms with E-state index in [1.54, 1.807) is 19.9 Å². The fourth-order valence-electron chi connectivity index (χ4n) is 4.61. The number of amidine groups is 1. The van der Waals surface area contributed by atoms with Crippen LogP contribution in [0.25, 0.3) is 0 Å². The van der Waals surface area contributed by atoms with Crippen LogP contribution in [0.2, 0.25) is 0 Å². The Morgan fingerprint density at radius 1 is 1.35 bits per heavy atom. The normalized spacial score (nSPS) is 27.3. The van der Waals surface area contributed by atoms with Crippen LogP contribution in [0.5, 0.6) is 11.8 Å². The third-order valence-electron chi connectivity index (χ3n) is 6.17.